The van der Waals surface area contributed by atoms with Gasteiger partial charge in [0.2, 0.25) is 11.8 Å². The Labute approximate surface area is 169 Å². The molecule has 7 heteroatoms. The standard InChI is InChI=1S/C20H16BrN3O2S/c21-15-8-4-5-9-17(15)24-11-10-14(19(24)26)18(25)23-20-22-16(12-27-20)13-6-2-1-3-7-13/h1-9,12,14H,10-11H2,(H,22,23,25). The molecule has 0 aliphatic carbocycles. The molecule has 0 saturated carbocycles. The zero-order valence-corrected chi connectivity index (χ0v) is 16.7. The first-order valence-corrected chi connectivity index (χ1v) is 10.2. The lowest BCUT2D eigenvalue weighted by Crippen LogP contribution is -2.33. The number of halogens is 1. The van der Waals surface area contributed by atoms with E-state index < -0.39 is 5.92 Å². The number of para-hydroxylation sites is 1. The van der Waals surface area contributed by atoms with Gasteiger partial charge in [0.05, 0.1) is 11.4 Å². The van der Waals surface area contributed by atoms with Gasteiger partial charge in [0.15, 0.2) is 5.13 Å². The summed E-state index contributed by atoms with van der Waals surface area (Å²) in [6, 6.07) is 17.3. The van der Waals surface area contributed by atoms with Gasteiger partial charge in [0.1, 0.15) is 5.92 Å². The fraction of sp³-hybridized carbons (Fsp3) is 0.150. The van der Waals surface area contributed by atoms with Gasteiger partial charge >= 0.3 is 0 Å². The quantitative estimate of drug-likeness (QED) is 0.603. The topological polar surface area (TPSA) is 62.3 Å². The highest BCUT2D eigenvalue weighted by molar-refractivity contribution is 9.10. The van der Waals surface area contributed by atoms with Gasteiger partial charge in [-0.1, -0.05) is 42.5 Å². The predicted octanol–water partition coefficient (Wildman–Crippen LogP) is 4.56. The van der Waals surface area contributed by atoms with E-state index in [4.69, 9.17) is 0 Å². The summed E-state index contributed by atoms with van der Waals surface area (Å²) in [5.74, 6) is -1.18. The molecule has 2 aromatic carbocycles. The van der Waals surface area contributed by atoms with Crippen LogP contribution in [0.1, 0.15) is 6.42 Å². The number of hydrogen-bond acceptors (Lipinski definition) is 4. The lowest BCUT2D eigenvalue weighted by molar-refractivity contribution is -0.129. The van der Waals surface area contributed by atoms with Gasteiger partial charge in [-0.2, -0.15) is 0 Å². The van der Waals surface area contributed by atoms with Crippen molar-refractivity contribution in [3.8, 4) is 11.3 Å². The van der Waals surface area contributed by atoms with Crippen molar-refractivity contribution in [1.82, 2.24) is 4.98 Å². The highest BCUT2D eigenvalue weighted by Gasteiger charge is 2.38. The second-order valence-corrected chi connectivity index (χ2v) is 7.89. The SMILES string of the molecule is O=C(Nc1nc(-c2ccccc2)cs1)C1CCN(c2ccccc2Br)C1=O. The van der Waals surface area contributed by atoms with Crippen molar-refractivity contribution in [3.63, 3.8) is 0 Å². The summed E-state index contributed by atoms with van der Waals surface area (Å²) in [4.78, 5) is 31.5. The minimum atomic E-state index is -0.693. The number of nitrogens with one attached hydrogen (secondary N) is 1. The highest BCUT2D eigenvalue weighted by Crippen LogP contribution is 2.32. The third-order valence-electron chi connectivity index (χ3n) is 4.47. The number of rotatable bonds is 4. The number of anilines is 2. The number of aromatic nitrogens is 1. The van der Waals surface area contributed by atoms with Gasteiger partial charge in [-0.25, -0.2) is 4.98 Å². The van der Waals surface area contributed by atoms with Crippen LogP contribution in [0.5, 0.6) is 0 Å². The van der Waals surface area contributed by atoms with E-state index in [1.807, 2.05) is 60.0 Å². The lowest BCUT2D eigenvalue weighted by Gasteiger charge is -2.18. The zero-order chi connectivity index (χ0) is 18.8. The molecule has 1 aliphatic heterocycles. The van der Waals surface area contributed by atoms with Crippen LogP contribution in [0.2, 0.25) is 0 Å². The smallest absolute Gasteiger partial charge is 0.239 e. The molecule has 1 aromatic heterocycles. The van der Waals surface area contributed by atoms with Crippen LogP contribution in [0.4, 0.5) is 10.8 Å². The second-order valence-electron chi connectivity index (χ2n) is 6.18. The molecule has 2 amide bonds. The van der Waals surface area contributed by atoms with Gasteiger partial charge in [0.25, 0.3) is 0 Å². The van der Waals surface area contributed by atoms with Gasteiger partial charge in [-0.15, -0.1) is 11.3 Å². The third kappa shape index (κ3) is 3.65. The number of carbonyl (C=O) groups is 2. The number of amides is 2. The lowest BCUT2D eigenvalue weighted by atomic mass is 10.1. The van der Waals surface area contributed by atoms with Gasteiger partial charge in [-0.05, 0) is 34.5 Å². The molecule has 27 heavy (non-hydrogen) atoms. The highest BCUT2D eigenvalue weighted by atomic mass is 79.9. The molecule has 1 atom stereocenters. The van der Waals surface area contributed by atoms with Crippen LogP contribution in [0.3, 0.4) is 0 Å². The van der Waals surface area contributed by atoms with Crippen molar-refractivity contribution < 1.29 is 9.59 Å². The summed E-state index contributed by atoms with van der Waals surface area (Å²) in [7, 11) is 0. The molecular weight excluding hydrogens is 426 g/mol. The number of benzene rings is 2. The molecular formula is C20H16BrN3O2S. The maximum absolute atomic E-state index is 12.7. The average Bonchev–Trinajstić information content (AvgIpc) is 3.30. The summed E-state index contributed by atoms with van der Waals surface area (Å²) in [5.41, 5.74) is 2.59. The number of nitrogens with zero attached hydrogens (tertiary/aromatic N) is 2. The Hall–Kier alpha value is -2.51. The molecule has 0 bridgehead atoms. The molecule has 0 radical (unpaired) electrons. The monoisotopic (exact) mass is 441 g/mol. The largest absolute Gasteiger partial charge is 0.311 e. The van der Waals surface area contributed by atoms with E-state index in [1.165, 1.54) is 11.3 Å². The number of carbonyl (C=O) groups excluding carboxylic acids is 2. The molecule has 4 rings (SSSR count). The van der Waals surface area contributed by atoms with Crippen molar-refractivity contribution in [3.05, 3.63) is 64.5 Å². The maximum atomic E-state index is 12.7. The van der Waals surface area contributed by atoms with E-state index in [0.717, 1.165) is 21.4 Å². The molecule has 3 aromatic rings. The van der Waals surface area contributed by atoms with Crippen LogP contribution in [-0.4, -0.2) is 23.3 Å². The average molecular weight is 442 g/mol. The van der Waals surface area contributed by atoms with Crippen LogP contribution in [0.15, 0.2) is 64.5 Å². The fourth-order valence-electron chi connectivity index (χ4n) is 3.10. The van der Waals surface area contributed by atoms with E-state index in [9.17, 15) is 9.59 Å². The first-order valence-electron chi connectivity index (χ1n) is 8.51. The first-order chi connectivity index (χ1) is 13.1. The molecule has 2 heterocycles. The molecule has 1 fully saturated rings. The van der Waals surface area contributed by atoms with Crippen LogP contribution in [-0.2, 0) is 9.59 Å². The normalized spacial score (nSPS) is 16.6. The van der Waals surface area contributed by atoms with E-state index >= 15 is 0 Å². The van der Waals surface area contributed by atoms with Crippen LogP contribution in [0, 0.1) is 5.92 Å². The van der Waals surface area contributed by atoms with Crippen LogP contribution >= 0.6 is 27.3 Å². The number of thiazole rings is 1. The molecule has 1 saturated heterocycles. The summed E-state index contributed by atoms with van der Waals surface area (Å²) in [6.07, 6.45) is 0.489. The summed E-state index contributed by atoms with van der Waals surface area (Å²) < 4.78 is 0.840. The Balaban J connectivity index is 1.46. The Kier molecular flexibility index (Phi) is 5.05. The van der Waals surface area contributed by atoms with Gasteiger partial charge in [-0.3, -0.25) is 9.59 Å². The van der Waals surface area contributed by atoms with Crippen molar-refractivity contribution in [2.75, 3.05) is 16.8 Å². The Morgan fingerprint density at radius 3 is 2.67 bits per heavy atom. The zero-order valence-electron chi connectivity index (χ0n) is 14.3. The minimum Gasteiger partial charge on any atom is -0.311 e. The van der Waals surface area contributed by atoms with E-state index in [-0.39, 0.29) is 11.8 Å². The molecule has 1 unspecified atom stereocenters. The minimum absolute atomic E-state index is 0.181. The summed E-state index contributed by atoms with van der Waals surface area (Å²) in [5, 5.41) is 5.20. The van der Waals surface area contributed by atoms with Crippen molar-refractivity contribution in [2.45, 2.75) is 6.42 Å². The third-order valence-corrected chi connectivity index (χ3v) is 5.90. The van der Waals surface area contributed by atoms with Crippen molar-refractivity contribution in [1.29, 1.82) is 0 Å². The molecule has 1 N–H and O–H groups in total. The Bertz CT molecular complexity index is 990. The van der Waals surface area contributed by atoms with E-state index in [2.05, 4.69) is 26.2 Å². The molecule has 0 spiro atoms. The fourth-order valence-corrected chi connectivity index (χ4v) is 4.32. The Morgan fingerprint density at radius 1 is 1.15 bits per heavy atom. The summed E-state index contributed by atoms with van der Waals surface area (Å²) >= 11 is 4.82. The molecule has 1 aliphatic rings. The number of hydrogen-bond donors (Lipinski definition) is 1. The Morgan fingerprint density at radius 2 is 1.89 bits per heavy atom. The predicted molar refractivity (Wildman–Crippen MR) is 111 cm³/mol. The van der Waals surface area contributed by atoms with Crippen LogP contribution in [0.25, 0.3) is 11.3 Å². The van der Waals surface area contributed by atoms with E-state index in [1.54, 1.807) is 4.90 Å². The van der Waals surface area contributed by atoms with E-state index in [0.29, 0.717) is 18.1 Å². The first kappa shape index (κ1) is 17.9. The van der Waals surface area contributed by atoms with Gasteiger partial charge in [0, 0.05) is 22.0 Å². The van der Waals surface area contributed by atoms with Crippen LogP contribution < -0.4 is 10.2 Å². The van der Waals surface area contributed by atoms with Crippen molar-refractivity contribution in [2.24, 2.45) is 5.92 Å². The van der Waals surface area contributed by atoms with Gasteiger partial charge < -0.3 is 10.2 Å². The van der Waals surface area contributed by atoms with Crippen molar-refractivity contribution >= 4 is 49.9 Å². The molecule has 5 nitrogen and oxygen atoms in total. The maximum Gasteiger partial charge on any atom is 0.239 e. The second kappa shape index (κ2) is 7.62. The summed E-state index contributed by atoms with van der Waals surface area (Å²) in [6.45, 7) is 0.521. The molecule has 136 valence electrons.